The summed E-state index contributed by atoms with van der Waals surface area (Å²) >= 11 is 0. The molecule has 0 saturated heterocycles. The van der Waals surface area contributed by atoms with Gasteiger partial charge in [-0.1, -0.05) is 75.8 Å². The molecule has 0 radical (unpaired) electrons. The van der Waals surface area contributed by atoms with Gasteiger partial charge in [0.25, 0.3) is 0 Å². The van der Waals surface area contributed by atoms with Gasteiger partial charge in [-0.25, -0.2) is 0 Å². The van der Waals surface area contributed by atoms with Gasteiger partial charge in [-0.3, -0.25) is 0 Å². The van der Waals surface area contributed by atoms with E-state index in [1.54, 1.807) is 7.11 Å². The Morgan fingerprint density at radius 1 is 0.846 bits per heavy atom. The van der Waals surface area contributed by atoms with Gasteiger partial charge in [0.15, 0.2) is 0 Å². The molecule has 0 aliphatic rings. The molecule has 1 unspecified atom stereocenters. The molecule has 0 aliphatic heterocycles. The average Bonchev–Trinajstić information content (AvgIpc) is 2.65. The molecule has 1 N–H and O–H groups in total. The molecule has 0 bridgehead atoms. The van der Waals surface area contributed by atoms with Crippen molar-refractivity contribution in [3.8, 4) is 0 Å². The van der Waals surface area contributed by atoms with Gasteiger partial charge in [0, 0.05) is 26.7 Å². The van der Waals surface area contributed by atoms with Crippen molar-refractivity contribution in [1.29, 1.82) is 0 Å². The number of hydrogen-bond acceptors (Lipinski definition) is 4. The smallest absolute Gasteiger partial charge is 0.313 e. The fourth-order valence-corrected chi connectivity index (χ4v) is 3.48. The number of rotatable bonds is 15. The summed E-state index contributed by atoms with van der Waals surface area (Å²) in [5.41, 5.74) is -0.207. The zero-order valence-electron chi connectivity index (χ0n) is 17.1. The highest BCUT2D eigenvalue weighted by Gasteiger charge is 2.53. The minimum Gasteiger partial charge on any atom is -0.381 e. The lowest BCUT2D eigenvalue weighted by Gasteiger charge is -2.44. The van der Waals surface area contributed by atoms with Gasteiger partial charge in [0.05, 0.1) is 0 Å². The highest BCUT2D eigenvalue weighted by atomic mass is 16.9. The van der Waals surface area contributed by atoms with Crippen molar-refractivity contribution < 1.29 is 19.3 Å². The first-order chi connectivity index (χ1) is 12.6. The third-order valence-corrected chi connectivity index (χ3v) is 4.79. The summed E-state index contributed by atoms with van der Waals surface area (Å²) in [6.07, 6.45) is 7.96. The Bertz CT molecular complexity index is 456. The maximum absolute atomic E-state index is 11.7. The van der Waals surface area contributed by atoms with Crippen LogP contribution in [0.25, 0.3) is 0 Å². The van der Waals surface area contributed by atoms with Gasteiger partial charge in [0.1, 0.15) is 5.60 Å². The molecule has 4 heteroatoms. The molecule has 1 atom stereocenters. The highest BCUT2D eigenvalue weighted by Crippen LogP contribution is 2.36. The lowest BCUT2D eigenvalue weighted by atomic mass is 9.86. The quantitative estimate of drug-likeness (QED) is 0.347. The van der Waals surface area contributed by atoms with E-state index in [4.69, 9.17) is 14.2 Å². The summed E-state index contributed by atoms with van der Waals surface area (Å²) < 4.78 is 17.4. The van der Waals surface area contributed by atoms with Crippen molar-refractivity contribution in [3.05, 3.63) is 35.9 Å². The summed E-state index contributed by atoms with van der Waals surface area (Å²) in [5, 5.41) is 11.7. The van der Waals surface area contributed by atoms with E-state index in [0.29, 0.717) is 26.1 Å². The monoisotopic (exact) mass is 366 g/mol. The zero-order valence-corrected chi connectivity index (χ0v) is 17.1. The van der Waals surface area contributed by atoms with E-state index in [9.17, 15) is 5.11 Å². The second kappa shape index (κ2) is 12.4. The standard InChI is InChI=1S/C22H38O4/c1-5-8-9-10-11-15-18-21(23,19-20-16-13-12-14-17-20)22(24-4,25-6-2)26-7-3/h12-14,16-17,23H,5-11,15,18-19H2,1-4H3. The number of hydrogen-bond donors (Lipinski definition) is 1. The van der Waals surface area contributed by atoms with Crippen LogP contribution in [0.2, 0.25) is 0 Å². The molecule has 0 heterocycles. The second-order valence-corrected chi connectivity index (χ2v) is 6.84. The summed E-state index contributed by atoms with van der Waals surface area (Å²) in [5.74, 6) is -1.45. The molecular weight excluding hydrogens is 328 g/mol. The Morgan fingerprint density at radius 3 is 1.96 bits per heavy atom. The lowest BCUT2D eigenvalue weighted by Crippen LogP contribution is -2.60. The van der Waals surface area contributed by atoms with Crippen molar-refractivity contribution >= 4 is 0 Å². The first-order valence-corrected chi connectivity index (χ1v) is 10.2. The van der Waals surface area contributed by atoms with E-state index in [2.05, 4.69) is 6.92 Å². The third-order valence-electron chi connectivity index (χ3n) is 4.79. The summed E-state index contributed by atoms with van der Waals surface area (Å²) in [7, 11) is 1.54. The van der Waals surface area contributed by atoms with Crippen LogP contribution in [0.3, 0.4) is 0 Å². The lowest BCUT2D eigenvalue weighted by molar-refractivity contribution is -0.433. The number of unbranched alkanes of at least 4 members (excludes halogenated alkanes) is 5. The normalized spacial score (nSPS) is 14.3. The van der Waals surface area contributed by atoms with Crippen molar-refractivity contribution in [2.24, 2.45) is 0 Å². The SMILES string of the molecule is CCCCCCCCC(O)(Cc1ccccc1)C(OC)(OCC)OCC. The number of methoxy groups -OCH3 is 1. The van der Waals surface area contributed by atoms with Crippen LogP contribution in [0.15, 0.2) is 30.3 Å². The molecule has 150 valence electrons. The first-order valence-electron chi connectivity index (χ1n) is 10.2. The molecule has 0 aliphatic carbocycles. The maximum Gasteiger partial charge on any atom is 0.313 e. The van der Waals surface area contributed by atoms with Gasteiger partial charge in [-0.05, 0) is 25.8 Å². The molecule has 26 heavy (non-hydrogen) atoms. The van der Waals surface area contributed by atoms with Crippen LogP contribution < -0.4 is 0 Å². The molecule has 1 aromatic carbocycles. The van der Waals surface area contributed by atoms with E-state index >= 15 is 0 Å². The molecule has 1 rings (SSSR count). The van der Waals surface area contributed by atoms with Crippen LogP contribution in [0.1, 0.15) is 71.3 Å². The van der Waals surface area contributed by atoms with E-state index in [0.717, 1.165) is 18.4 Å². The minimum atomic E-state index is -1.45. The largest absolute Gasteiger partial charge is 0.381 e. The van der Waals surface area contributed by atoms with Crippen LogP contribution in [0.5, 0.6) is 0 Å². The highest BCUT2D eigenvalue weighted by molar-refractivity contribution is 5.18. The van der Waals surface area contributed by atoms with Crippen LogP contribution in [0, 0.1) is 0 Å². The first kappa shape index (κ1) is 23.1. The molecule has 0 saturated carbocycles. The number of benzene rings is 1. The van der Waals surface area contributed by atoms with Crippen LogP contribution >= 0.6 is 0 Å². The van der Waals surface area contributed by atoms with Gasteiger partial charge >= 0.3 is 5.97 Å². The molecule has 0 fully saturated rings. The summed E-state index contributed by atoms with van der Waals surface area (Å²) in [6.45, 7) is 6.81. The Balaban J connectivity index is 2.94. The Hall–Kier alpha value is -0.940. The second-order valence-electron chi connectivity index (χ2n) is 6.84. The van der Waals surface area contributed by atoms with Crippen molar-refractivity contribution in [2.45, 2.75) is 83.7 Å². The predicted octanol–water partition coefficient (Wildman–Crippen LogP) is 5.08. The van der Waals surface area contributed by atoms with E-state index in [1.807, 2.05) is 44.2 Å². The Kier molecular flexibility index (Phi) is 11.1. The van der Waals surface area contributed by atoms with E-state index in [1.165, 1.54) is 25.7 Å². The molecule has 0 amide bonds. The van der Waals surface area contributed by atoms with Crippen molar-refractivity contribution in [1.82, 2.24) is 0 Å². The van der Waals surface area contributed by atoms with E-state index < -0.39 is 11.6 Å². The fourth-order valence-electron chi connectivity index (χ4n) is 3.48. The molecule has 1 aromatic rings. The third kappa shape index (κ3) is 6.66. The summed E-state index contributed by atoms with van der Waals surface area (Å²) in [4.78, 5) is 0. The van der Waals surface area contributed by atoms with Crippen molar-refractivity contribution in [3.63, 3.8) is 0 Å². The topological polar surface area (TPSA) is 47.9 Å². The zero-order chi connectivity index (χ0) is 19.3. The Labute approximate surface area is 159 Å². The van der Waals surface area contributed by atoms with E-state index in [-0.39, 0.29) is 0 Å². The van der Waals surface area contributed by atoms with Gasteiger partial charge < -0.3 is 19.3 Å². The van der Waals surface area contributed by atoms with Crippen molar-refractivity contribution in [2.75, 3.05) is 20.3 Å². The Morgan fingerprint density at radius 2 is 1.42 bits per heavy atom. The van der Waals surface area contributed by atoms with Gasteiger partial charge in [0.2, 0.25) is 0 Å². The number of aliphatic hydroxyl groups is 1. The van der Waals surface area contributed by atoms with Gasteiger partial charge in [-0.2, -0.15) is 0 Å². The average molecular weight is 367 g/mol. The van der Waals surface area contributed by atoms with Gasteiger partial charge in [-0.15, -0.1) is 0 Å². The molecule has 4 nitrogen and oxygen atoms in total. The van der Waals surface area contributed by atoms with Crippen LogP contribution in [0.4, 0.5) is 0 Å². The fraction of sp³-hybridized carbons (Fsp3) is 0.727. The minimum absolute atomic E-state index is 0.404. The maximum atomic E-state index is 11.7. The summed E-state index contributed by atoms with van der Waals surface area (Å²) in [6, 6.07) is 9.98. The molecule has 0 aromatic heterocycles. The number of ether oxygens (including phenoxy) is 3. The predicted molar refractivity (Wildman–Crippen MR) is 106 cm³/mol. The van der Waals surface area contributed by atoms with Crippen LogP contribution in [-0.4, -0.2) is 37.0 Å². The molecular formula is C22H38O4. The van der Waals surface area contributed by atoms with Crippen LogP contribution in [-0.2, 0) is 20.6 Å². The molecule has 0 spiro atoms.